The summed E-state index contributed by atoms with van der Waals surface area (Å²) >= 11 is 3.52. The highest BCUT2D eigenvalue weighted by Crippen LogP contribution is 2.39. The summed E-state index contributed by atoms with van der Waals surface area (Å²) in [6.07, 6.45) is 0.906. The predicted molar refractivity (Wildman–Crippen MR) is 70.6 cm³/mol. The first-order valence-corrected chi connectivity index (χ1v) is 6.52. The zero-order valence-corrected chi connectivity index (χ0v) is 11.4. The fraction of sp³-hybridized carbons (Fsp3) is 0.500. The Morgan fingerprint density at radius 2 is 2.18 bits per heavy atom. The molecular weight excluding hydrogens is 284 g/mol. The Hall–Kier alpha value is -0.780. The van der Waals surface area contributed by atoms with E-state index in [1.807, 2.05) is 19.2 Å². The lowest BCUT2D eigenvalue weighted by atomic mass is 10.1. The van der Waals surface area contributed by atoms with Crippen LogP contribution >= 0.6 is 15.9 Å². The van der Waals surface area contributed by atoms with Crippen molar-refractivity contribution < 1.29 is 9.47 Å². The highest BCUT2D eigenvalue weighted by molar-refractivity contribution is 9.10. The number of rotatable bonds is 3. The van der Waals surface area contributed by atoms with E-state index in [-0.39, 0.29) is 6.04 Å². The second-order valence-corrected chi connectivity index (χ2v) is 4.81. The molecule has 17 heavy (non-hydrogen) atoms. The molecule has 0 aliphatic carbocycles. The molecule has 1 atom stereocenters. The standard InChI is InChI=1S/C12H17BrN2O2/c1-15-10(7-14)8-5-9(13)12-11(6-8)16-3-2-4-17-12/h5-6,10,15H,2-4,7,14H2,1H3. The molecule has 5 heteroatoms. The van der Waals surface area contributed by atoms with Crippen molar-refractivity contribution in [2.45, 2.75) is 12.5 Å². The minimum atomic E-state index is 0.128. The minimum absolute atomic E-state index is 0.128. The van der Waals surface area contributed by atoms with Gasteiger partial charge < -0.3 is 20.5 Å². The van der Waals surface area contributed by atoms with Crippen molar-refractivity contribution in [1.82, 2.24) is 5.32 Å². The third kappa shape index (κ3) is 2.73. The van der Waals surface area contributed by atoms with Gasteiger partial charge in [-0.05, 0) is 40.7 Å². The maximum Gasteiger partial charge on any atom is 0.175 e. The van der Waals surface area contributed by atoms with Gasteiger partial charge in [-0.25, -0.2) is 0 Å². The fourth-order valence-corrected chi connectivity index (χ4v) is 2.45. The van der Waals surface area contributed by atoms with Crippen molar-refractivity contribution in [2.75, 3.05) is 26.8 Å². The average molecular weight is 301 g/mol. The molecule has 0 amide bonds. The second-order valence-electron chi connectivity index (χ2n) is 3.96. The lowest BCUT2D eigenvalue weighted by Crippen LogP contribution is -2.24. The number of nitrogens with one attached hydrogen (secondary N) is 1. The topological polar surface area (TPSA) is 56.5 Å². The Bertz CT molecular complexity index is 394. The summed E-state index contributed by atoms with van der Waals surface area (Å²) in [5.74, 6) is 1.58. The lowest BCUT2D eigenvalue weighted by Gasteiger charge is -2.17. The van der Waals surface area contributed by atoms with Crippen LogP contribution in [0.4, 0.5) is 0 Å². The third-order valence-electron chi connectivity index (χ3n) is 2.81. The molecule has 0 radical (unpaired) electrons. The first-order chi connectivity index (χ1) is 8.26. The van der Waals surface area contributed by atoms with Gasteiger partial charge in [0.2, 0.25) is 0 Å². The van der Waals surface area contributed by atoms with Crippen LogP contribution in [0.25, 0.3) is 0 Å². The van der Waals surface area contributed by atoms with E-state index in [0.29, 0.717) is 19.8 Å². The van der Waals surface area contributed by atoms with Crippen molar-refractivity contribution in [3.63, 3.8) is 0 Å². The maximum absolute atomic E-state index is 5.72. The Labute approximate surface area is 110 Å². The molecular formula is C12H17BrN2O2. The number of benzene rings is 1. The number of nitrogens with two attached hydrogens (primary N) is 1. The van der Waals surface area contributed by atoms with Crippen molar-refractivity contribution in [1.29, 1.82) is 0 Å². The molecule has 2 rings (SSSR count). The summed E-state index contributed by atoms with van der Waals surface area (Å²) in [5.41, 5.74) is 6.83. The smallest absolute Gasteiger partial charge is 0.175 e. The molecule has 1 aliphatic heterocycles. The lowest BCUT2D eigenvalue weighted by molar-refractivity contribution is 0.296. The molecule has 0 aromatic heterocycles. The average Bonchev–Trinajstić information content (AvgIpc) is 2.56. The number of likely N-dealkylation sites (N-methyl/N-ethyl adjacent to an activating group) is 1. The van der Waals surface area contributed by atoms with Gasteiger partial charge in [-0.2, -0.15) is 0 Å². The molecule has 1 aromatic carbocycles. The molecule has 0 bridgehead atoms. The van der Waals surface area contributed by atoms with Crippen LogP contribution in [0.5, 0.6) is 11.5 Å². The van der Waals surface area contributed by atoms with Gasteiger partial charge in [0.15, 0.2) is 11.5 Å². The minimum Gasteiger partial charge on any atom is -0.490 e. The highest BCUT2D eigenvalue weighted by Gasteiger charge is 2.18. The van der Waals surface area contributed by atoms with Gasteiger partial charge in [0, 0.05) is 19.0 Å². The largest absolute Gasteiger partial charge is 0.490 e. The van der Waals surface area contributed by atoms with Gasteiger partial charge in [-0.3, -0.25) is 0 Å². The summed E-state index contributed by atoms with van der Waals surface area (Å²) in [7, 11) is 1.90. The van der Waals surface area contributed by atoms with Gasteiger partial charge in [-0.15, -0.1) is 0 Å². The monoisotopic (exact) mass is 300 g/mol. The van der Waals surface area contributed by atoms with E-state index in [1.165, 1.54) is 0 Å². The number of fused-ring (bicyclic) bond motifs is 1. The molecule has 94 valence electrons. The molecule has 1 heterocycles. The van der Waals surface area contributed by atoms with Crippen LogP contribution in [0.3, 0.4) is 0 Å². The first-order valence-electron chi connectivity index (χ1n) is 5.72. The van der Waals surface area contributed by atoms with Crippen LogP contribution in [0.1, 0.15) is 18.0 Å². The van der Waals surface area contributed by atoms with Crippen LogP contribution in [0, 0.1) is 0 Å². The zero-order chi connectivity index (χ0) is 12.3. The van der Waals surface area contributed by atoms with Crippen LogP contribution in [-0.4, -0.2) is 26.8 Å². The molecule has 0 saturated heterocycles. The molecule has 4 nitrogen and oxygen atoms in total. The number of hydrogen-bond acceptors (Lipinski definition) is 4. The van der Waals surface area contributed by atoms with Gasteiger partial charge in [0.1, 0.15) is 0 Å². The molecule has 1 aliphatic rings. The van der Waals surface area contributed by atoms with Gasteiger partial charge >= 0.3 is 0 Å². The van der Waals surface area contributed by atoms with E-state index in [9.17, 15) is 0 Å². The quantitative estimate of drug-likeness (QED) is 0.894. The van der Waals surface area contributed by atoms with Gasteiger partial charge in [-0.1, -0.05) is 0 Å². The third-order valence-corrected chi connectivity index (χ3v) is 3.40. The van der Waals surface area contributed by atoms with Crippen molar-refractivity contribution >= 4 is 15.9 Å². The summed E-state index contributed by atoms with van der Waals surface area (Å²) in [6, 6.07) is 4.16. The van der Waals surface area contributed by atoms with Crippen LogP contribution in [0.2, 0.25) is 0 Å². The van der Waals surface area contributed by atoms with E-state index in [4.69, 9.17) is 15.2 Å². The molecule has 1 unspecified atom stereocenters. The van der Waals surface area contributed by atoms with E-state index in [2.05, 4.69) is 21.2 Å². The fourth-order valence-electron chi connectivity index (χ4n) is 1.87. The van der Waals surface area contributed by atoms with Crippen LogP contribution in [0.15, 0.2) is 16.6 Å². The SMILES string of the molecule is CNC(CN)c1cc(Br)c2c(c1)OCCCO2. The van der Waals surface area contributed by atoms with E-state index in [1.54, 1.807) is 0 Å². The molecule has 3 N–H and O–H groups in total. The predicted octanol–water partition coefficient (Wildman–Crippen LogP) is 1.83. The number of hydrogen-bond donors (Lipinski definition) is 2. The number of ether oxygens (including phenoxy) is 2. The first kappa shape index (κ1) is 12.7. The summed E-state index contributed by atoms with van der Waals surface area (Å²) in [6.45, 7) is 1.93. The highest BCUT2D eigenvalue weighted by atomic mass is 79.9. The van der Waals surface area contributed by atoms with Crippen LogP contribution < -0.4 is 20.5 Å². The normalized spacial score (nSPS) is 16.4. The van der Waals surface area contributed by atoms with E-state index in [0.717, 1.165) is 28.0 Å². The Morgan fingerprint density at radius 3 is 2.88 bits per heavy atom. The number of halogens is 1. The summed E-state index contributed by atoms with van der Waals surface area (Å²) < 4.78 is 12.3. The molecule has 1 aromatic rings. The summed E-state index contributed by atoms with van der Waals surface area (Å²) in [4.78, 5) is 0. The Kier molecular flexibility index (Phi) is 4.25. The van der Waals surface area contributed by atoms with Crippen molar-refractivity contribution in [3.8, 4) is 11.5 Å². The molecule has 0 saturated carbocycles. The van der Waals surface area contributed by atoms with Crippen LogP contribution in [-0.2, 0) is 0 Å². The van der Waals surface area contributed by atoms with E-state index < -0.39 is 0 Å². The molecule has 0 spiro atoms. The van der Waals surface area contributed by atoms with Gasteiger partial charge in [0.05, 0.1) is 17.7 Å². The second kappa shape index (κ2) is 5.71. The Balaban J connectivity index is 2.38. The maximum atomic E-state index is 5.72. The molecule has 0 fully saturated rings. The summed E-state index contributed by atoms with van der Waals surface area (Å²) in [5, 5.41) is 3.18. The zero-order valence-electron chi connectivity index (χ0n) is 9.83. The van der Waals surface area contributed by atoms with E-state index >= 15 is 0 Å². The van der Waals surface area contributed by atoms with Crippen molar-refractivity contribution in [2.24, 2.45) is 5.73 Å². The van der Waals surface area contributed by atoms with Crippen molar-refractivity contribution in [3.05, 3.63) is 22.2 Å². The van der Waals surface area contributed by atoms with Gasteiger partial charge in [0.25, 0.3) is 0 Å². The Morgan fingerprint density at radius 1 is 1.41 bits per heavy atom.